The molecule has 2 heterocycles. The number of rotatable bonds is 5. The highest BCUT2D eigenvalue weighted by Crippen LogP contribution is 2.29. The Balaban J connectivity index is 1.70. The molecule has 2 N–H and O–H groups in total. The molecular weight excluding hydrogens is 246 g/mol. The molecule has 1 atom stereocenters. The Hall–Kier alpha value is -0.260. The lowest BCUT2D eigenvalue weighted by molar-refractivity contribution is -0.130. The summed E-state index contributed by atoms with van der Waals surface area (Å²) in [7, 11) is 0. The Morgan fingerprint density at radius 1 is 1.44 bits per heavy atom. The van der Waals surface area contributed by atoms with Gasteiger partial charge in [0, 0.05) is 44.2 Å². The standard InChI is InChI=1S/C13H25N3OS/c1-2-13(3-4-14-11-13)12(17)15-5-6-16-7-9-18-10-8-16/h14H,2-11H2,1H3,(H,15,17). The zero-order valence-corrected chi connectivity index (χ0v) is 12.2. The van der Waals surface area contributed by atoms with Crippen LogP contribution in [0.4, 0.5) is 0 Å². The van der Waals surface area contributed by atoms with Crippen molar-refractivity contribution in [1.29, 1.82) is 0 Å². The first kappa shape index (κ1) is 14.2. The van der Waals surface area contributed by atoms with Gasteiger partial charge in [-0.15, -0.1) is 0 Å². The third-order valence-electron chi connectivity index (χ3n) is 4.22. The van der Waals surface area contributed by atoms with E-state index in [0.29, 0.717) is 0 Å². The minimum absolute atomic E-state index is 0.141. The second kappa shape index (κ2) is 6.78. The van der Waals surface area contributed by atoms with E-state index in [2.05, 4.69) is 22.5 Å². The van der Waals surface area contributed by atoms with Crippen molar-refractivity contribution in [3.05, 3.63) is 0 Å². The molecule has 2 saturated heterocycles. The van der Waals surface area contributed by atoms with E-state index in [1.54, 1.807) is 0 Å². The number of nitrogens with one attached hydrogen (secondary N) is 2. The maximum atomic E-state index is 12.3. The fraction of sp³-hybridized carbons (Fsp3) is 0.923. The molecule has 0 saturated carbocycles. The third-order valence-corrected chi connectivity index (χ3v) is 5.16. The second-order valence-corrected chi connectivity index (χ2v) is 6.50. The first-order valence-electron chi connectivity index (χ1n) is 7.06. The number of hydrogen-bond acceptors (Lipinski definition) is 4. The Labute approximate surface area is 114 Å². The number of carbonyl (C=O) groups is 1. The van der Waals surface area contributed by atoms with E-state index in [0.717, 1.165) is 39.0 Å². The van der Waals surface area contributed by atoms with Gasteiger partial charge in [0.05, 0.1) is 5.41 Å². The quantitative estimate of drug-likeness (QED) is 0.766. The third kappa shape index (κ3) is 3.39. The minimum Gasteiger partial charge on any atom is -0.354 e. The molecule has 0 aromatic rings. The van der Waals surface area contributed by atoms with E-state index in [1.807, 2.05) is 11.8 Å². The number of thioether (sulfide) groups is 1. The van der Waals surface area contributed by atoms with Crippen LogP contribution in [0.15, 0.2) is 0 Å². The zero-order valence-electron chi connectivity index (χ0n) is 11.3. The summed E-state index contributed by atoms with van der Waals surface area (Å²) < 4.78 is 0. The van der Waals surface area contributed by atoms with Crippen molar-refractivity contribution in [2.45, 2.75) is 19.8 Å². The molecule has 0 spiro atoms. The van der Waals surface area contributed by atoms with Gasteiger partial charge in [0.25, 0.3) is 0 Å². The van der Waals surface area contributed by atoms with E-state index >= 15 is 0 Å². The van der Waals surface area contributed by atoms with Crippen molar-refractivity contribution in [2.75, 3.05) is 50.8 Å². The monoisotopic (exact) mass is 271 g/mol. The van der Waals surface area contributed by atoms with Gasteiger partial charge >= 0.3 is 0 Å². The number of nitrogens with zero attached hydrogens (tertiary/aromatic N) is 1. The molecule has 4 nitrogen and oxygen atoms in total. The lowest BCUT2D eigenvalue weighted by Gasteiger charge is -2.28. The van der Waals surface area contributed by atoms with Gasteiger partial charge < -0.3 is 10.6 Å². The summed E-state index contributed by atoms with van der Waals surface area (Å²) in [5, 5.41) is 6.45. The van der Waals surface area contributed by atoms with Crippen LogP contribution in [0.5, 0.6) is 0 Å². The van der Waals surface area contributed by atoms with Crippen LogP contribution in [0.2, 0.25) is 0 Å². The second-order valence-electron chi connectivity index (χ2n) is 5.27. The summed E-state index contributed by atoms with van der Waals surface area (Å²) in [6.07, 6.45) is 1.92. The van der Waals surface area contributed by atoms with Crippen LogP contribution in [-0.4, -0.2) is 61.6 Å². The maximum Gasteiger partial charge on any atom is 0.227 e. The van der Waals surface area contributed by atoms with Crippen molar-refractivity contribution in [3.8, 4) is 0 Å². The molecule has 0 radical (unpaired) electrons. The molecule has 18 heavy (non-hydrogen) atoms. The highest BCUT2D eigenvalue weighted by atomic mass is 32.2. The normalized spacial score (nSPS) is 29.4. The lowest BCUT2D eigenvalue weighted by Crippen LogP contribution is -2.45. The summed E-state index contributed by atoms with van der Waals surface area (Å²) in [5.74, 6) is 2.72. The molecular formula is C13H25N3OS. The largest absolute Gasteiger partial charge is 0.354 e. The van der Waals surface area contributed by atoms with Gasteiger partial charge in [-0.1, -0.05) is 6.92 Å². The number of hydrogen-bond donors (Lipinski definition) is 2. The van der Waals surface area contributed by atoms with E-state index in [1.165, 1.54) is 24.6 Å². The van der Waals surface area contributed by atoms with Crippen molar-refractivity contribution < 1.29 is 4.79 Å². The average Bonchev–Trinajstić information content (AvgIpc) is 2.90. The molecule has 1 unspecified atom stereocenters. The fourth-order valence-corrected chi connectivity index (χ4v) is 3.72. The molecule has 5 heteroatoms. The van der Waals surface area contributed by atoms with Crippen LogP contribution in [0.3, 0.4) is 0 Å². The molecule has 0 bridgehead atoms. The van der Waals surface area contributed by atoms with Crippen molar-refractivity contribution in [3.63, 3.8) is 0 Å². The molecule has 2 aliphatic rings. The number of amides is 1. The first-order valence-corrected chi connectivity index (χ1v) is 8.21. The Kier molecular flexibility index (Phi) is 5.33. The molecule has 2 aliphatic heterocycles. The van der Waals surface area contributed by atoms with Gasteiger partial charge in [-0.3, -0.25) is 9.69 Å². The van der Waals surface area contributed by atoms with Gasteiger partial charge in [-0.25, -0.2) is 0 Å². The Bertz CT molecular complexity index is 273. The van der Waals surface area contributed by atoms with E-state index < -0.39 is 0 Å². The number of carbonyl (C=O) groups excluding carboxylic acids is 1. The summed E-state index contributed by atoms with van der Waals surface area (Å²) in [4.78, 5) is 14.7. The summed E-state index contributed by atoms with van der Waals surface area (Å²) in [5.41, 5.74) is -0.141. The zero-order chi connectivity index (χ0) is 12.8. The van der Waals surface area contributed by atoms with Gasteiger partial charge in [0.15, 0.2) is 0 Å². The van der Waals surface area contributed by atoms with Crippen LogP contribution in [0.25, 0.3) is 0 Å². The highest BCUT2D eigenvalue weighted by Gasteiger charge is 2.39. The molecule has 0 aromatic heterocycles. The van der Waals surface area contributed by atoms with Crippen molar-refractivity contribution in [1.82, 2.24) is 15.5 Å². The van der Waals surface area contributed by atoms with Crippen LogP contribution in [-0.2, 0) is 4.79 Å². The molecule has 2 fully saturated rings. The molecule has 2 rings (SSSR count). The van der Waals surface area contributed by atoms with Crippen molar-refractivity contribution >= 4 is 17.7 Å². The van der Waals surface area contributed by atoms with Crippen LogP contribution < -0.4 is 10.6 Å². The molecule has 1 amide bonds. The Morgan fingerprint density at radius 3 is 2.83 bits per heavy atom. The molecule has 104 valence electrons. The van der Waals surface area contributed by atoms with E-state index in [4.69, 9.17) is 0 Å². The first-order chi connectivity index (χ1) is 8.77. The van der Waals surface area contributed by atoms with Crippen LogP contribution in [0.1, 0.15) is 19.8 Å². The van der Waals surface area contributed by atoms with Gasteiger partial charge in [0.1, 0.15) is 0 Å². The predicted octanol–water partition coefficient (Wildman–Crippen LogP) is 0.541. The summed E-state index contributed by atoms with van der Waals surface area (Å²) in [6.45, 7) is 8.07. The summed E-state index contributed by atoms with van der Waals surface area (Å²) >= 11 is 2.02. The van der Waals surface area contributed by atoms with E-state index in [-0.39, 0.29) is 11.3 Å². The lowest BCUT2D eigenvalue weighted by atomic mass is 9.83. The highest BCUT2D eigenvalue weighted by molar-refractivity contribution is 7.99. The molecule has 0 aliphatic carbocycles. The van der Waals surface area contributed by atoms with Gasteiger partial charge in [0.2, 0.25) is 5.91 Å². The molecule has 0 aromatic carbocycles. The minimum atomic E-state index is -0.141. The maximum absolute atomic E-state index is 12.3. The van der Waals surface area contributed by atoms with Gasteiger partial charge in [-0.05, 0) is 19.4 Å². The topological polar surface area (TPSA) is 44.4 Å². The van der Waals surface area contributed by atoms with Crippen molar-refractivity contribution in [2.24, 2.45) is 5.41 Å². The average molecular weight is 271 g/mol. The van der Waals surface area contributed by atoms with Crippen LogP contribution in [0, 0.1) is 5.41 Å². The van der Waals surface area contributed by atoms with E-state index in [9.17, 15) is 4.79 Å². The smallest absolute Gasteiger partial charge is 0.227 e. The fourth-order valence-electron chi connectivity index (χ4n) is 2.74. The summed E-state index contributed by atoms with van der Waals surface area (Å²) in [6, 6.07) is 0. The van der Waals surface area contributed by atoms with Gasteiger partial charge in [-0.2, -0.15) is 11.8 Å². The Morgan fingerprint density at radius 2 is 2.22 bits per heavy atom. The van der Waals surface area contributed by atoms with Crippen LogP contribution >= 0.6 is 11.8 Å². The SMILES string of the molecule is CCC1(C(=O)NCCN2CCSCC2)CCNC1. The predicted molar refractivity (Wildman–Crippen MR) is 77.0 cm³/mol.